The fourth-order valence-corrected chi connectivity index (χ4v) is 3.24. The van der Waals surface area contributed by atoms with Crippen LogP contribution >= 0.6 is 11.3 Å². The average Bonchev–Trinajstić information content (AvgIpc) is 3.18. The molecule has 1 N–H and O–H groups in total. The quantitative estimate of drug-likeness (QED) is 0.670. The van der Waals surface area contributed by atoms with Crippen molar-refractivity contribution in [3.8, 4) is 16.3 Å². The van der Waals surface area contributed by atoms with Crippen molar-refractivity contribution in [3.05, 3.63) is 64.7 Å². The average molecular weight is 382 g/mol. The third kappa shape index (κ3) is 4.15. The molecule has 7 heteroatoms. The molecule has 0 aliphatic heterocycles. The predicted molar refractivity (Wildman–Crippen MR) is 105 cm³/mol. The minimum atomic E-state index is -0.567. The number of amides is 1. The predicted octanol–water partition coefficient (Wildman–Crippen LogP) is 4.17. The van der Waals surface area contributed by atoms with Crippen LogP contribution in [-0.2, 0) is 4.74 Å². The Morgan fingerprint density at radius 2 is 1.81 bits per heavy atom. The Balaban J connectivity index is 1.84. The molecule has 0 bridgehead atoms. The maximum absolute atomic E-state index is 12.6. The summed E-state index contributed by atoms with van der Waals surface area (Å²) in [7, 11) is 2.78. The number of rotatable bonds is 5. The zero-order valence-electron chi connectivity index (χ0n) is 15.1. The van der Waals surface area contributed by atoms with Crippen molar-refractivity contribution >= 4 is 28.9 Å². The van der Waals surface area contributed by atoms with Gasteiger partial charge in [0, 0.05) is 10.9 Å². The van der Waals surface area contributed by atoms with E-state index in [2.05, 4.69) is 10.3 Å². The van der Waals surface area contributed by atoms with Crippen molar-refractivity contribution in [2.24, 2.45) is 0 Å². The molecule has 1 amide bonds. The molecule has 1 aromatic heterocycles. The van der Waals surface area contributed by atoms with Gasteiger partial charge in [0.1, 0.15) is 16.5 Å². The van der Waals surface area contributed by atoms with Crippen LogP contribution in [0.2, 0.25) is 0 Å². The highest BCUT2D eigenvalue weighted by atomic mass is 32.1. The summed E-state index contributed by atoms with van der Waals surface area (Å²) in [6, 6.07) is 12.7. The van der Waals surface area contributed by atoms with Crippen molar-refractivity contribution in [3.63, 3.8) is 0 Å². The topological polar surface area (TPSA) is 77.5 Å². The second-order valence-corrected chi connectivity index (χ2v) is 6.62. The summed E-state index contributed by atoms with van der Waals surface area (Å²) >= 11 is 1.38. The molecule has 0 atom stereocenters. The zero-order valence-corrected chi connectivity index (χ0v) is 15.9. The number of esters is 1. The summed E-state index contributed by atoms with van der Waals surface area (Å²) in [5.41, 5.74) is 2.92. The van der Waals surface area contributed by atoms with Gasteiger partial charge in [0.2, 0.25) is 0 Å². The third-order valence-electron chi connectivity index (χ3n) is 3.92. The lowest BCUT2D eigenvalue weighted by Crippen LogP contribution is -2.16. The van der Waals surface area contributed by atoms with Gasteiger partial charge in [0.25, 0.3) is 5.91 Å². The number of carbonyl (C=O) groups is 2. The number of aryl methyl sites for hydroxylation is 1. The fraction of sp³-hybridized carbons (Fsp3) is 0.150. The maximum Gasteiger partial charge on any atom is 0.340 e. The van der Waals surface area contributed by atoms with Crippen molar-refractivity contribution in [2.45, 2.75) is 6.92 Å². The van der Waals surface area contributed by atoms with Crippen LogP contribution in [0.15, 0.2) is 47.8 Å². The fourth-order valence-electron chi connectivity index (χ4n) is 2.43. The Kier molecular flexibility index (Phi) is 5.52. The van der Waals surface area contributed by atoms with Gasteiger partial charge in [0.05, 0.1) is 25.5 Å². The lowest BCUT2D eigenvalue weighted by atomic mass is 10.1. The van der Waals surface area contributed by atoms with Gasteiger partial charge < -0.3 is 14.8 Å². The first kappa shape index (κ1) is 18.6. The van der Waals surface area contributed by atoms with Gasteiger partial charge in [-0.25, -0.2) is 9.78 Å². The lowest BCUT2D eigenvalue weighted by Gasteiger charge is -2.10. The van der Waals surface area contributed by atoms with Crippen molar-refractivity contribution in [2.75, 3.05) is 19.5 Å². The van der Waals surface area contributed by atoms with Crippen molar-refractivity contribution < 1.29 is 19.1 Å². The summed E-state index contributed by atoms with van der Waals surface area (Å²) in [6.45, 7) is 2.01. The SMILES string of the molecule is COC(=O)c1cc(OC)ccc1NC(=O)c1csc(-c2ccc(C)cc2)n1. The Morgan fingerprint density at radius 1 is 1.07 bits per heavy atom. The zero-order chi connectivity index (χ0) is 19.4. The van der Waals surface area contributed by atoms with E-state index in [9.17, 15) is 9.59 Å². The van der Waals surface area contributed by atoms with E-state index in [1.165, 1.54) is 31.6 Å². The van der Waals surface area contributed by atoms with Gasteiger partial charge in [-0.15, -0.1) is 11.3 Å². The smallest absolute Gasteiger partial charge is 0.340 e. The van der Waals surface area contributed by atoms with E-state index in [1.54, 1.807) is 17.5 Å². The molecule has 0 saturated heterocycles. The number of aromatic nitrogens is 1. The third-order valence-corrected chi connectivity index (χ3v) is 4.81. The highest BCUT2D eigenvalue weighted by molar-refractivity contribution is 7.13. The van der Waals surface area contributed by atoms with Gasteiger partial charge >= 0.3 is 5.97 Å². The molecule has 6 nitrogen and oxygen atoms in total. The molecule has 0 saturated carbocycles. The van der Waals surface area contributed by atoms with Crippen LogP contribution in [0.1, 0.15) is 26.4 Å². The van der Waals surface area contributed by atoms with Gasteiger partial charge in [-0.1, -0.05) is 29.8 Å². The minimum absolute atomic E-state index is 0.208. The first-order valence-electron chi connectivity index (χ1n) is 8.12. The summed E-state index contributed by atoms with van der Waals surface area (Å²) in [4.78, 5) is 29.0. The molecule has 27 heavy (non-hydrogen) atoms. The minimum Gasteiger partial charge on any atom is -0.497 e. The summed E-state index contributed by atoms with van der Waals surface area (Å²) in [5.74, 6) is -0.480. The number of carbonyl (C=O) groups excluding carboxylic acids is 2. The summed E-state index contributed by atoms with van der Waals surface area (Å²) in [5, 5.41) is 5.16. The Labute approximate surface area is 160 Å². The number of ether oxygens (including phenoxy) is 2. The number of nitrogens with zero attached hydrogens (tertiary/aromatic N) is 1. The standard InChI is InChI=1S/C20H18N2O4S/c1-12-4-6-13(7-5-12)19-22-17(11-27-19)18(23)21-16-9-8-14(25-2)10-15(16)20(24)26-3/h4-11H,1-3H3,(H,21,23). The normalized spacial score (nSPS) is 10.3. The molecule has 0 aliphatic carbocycles. The Morgan fingerprint density at radius 3 is 2.48 bits per heavy atom. The summed E-state index contributed by atoms with van der Waals surface area (Å²) in [6.07, 6.45) is 0. The number of nitrogens with one attached hydrogen (secondary N) is 1. The van der Waals surface area contributed by atoms with E-state index in [0.717, 1.165) is 16.1 Å². The summed E-state index contributed by atoms with van der Waals surface area (Å²) < 4.78 is 9.90. The van der Waals surface area contributed by atoms with E-state index in [-0.39, 0.29) is 11.3 Å². The maximum atomic E-state index is 12.6. The van der Waals surface area contributed by atoms with Crippen molar-refractivity contribution in [1.82, 2.24) is 4.98 Å². The van der Waals surface area contributed by atoms with Crippen LogP contribution in [0.25, 0.3) is 10.6 Å². The molecule has 0 radical (unpaired) electrons. The van der Waals surface area contributed by atoms with Gasteiger partial charge in [-0.05, 0) is 25.1 Å². The number of thiazole rings is 1. The molecule has 3 aromatic rings. The number of methoxy groups -OCH3 is 2. The van der Waals surface area contributed by atoms with Crippen molar-refractivity contribution in [1.29, 1.82) is 0 Å². The number of hydrogen-bond donors (Lipinski definition) is 1. The Bertz CT molecular complexity index is 980. The van der Waals surface area contributed by atoms with Crippen LogP contribution in [0, 0.1) is 6.92 Å². The molecule has 0 aliphatic rings. The molecule has 0 fully saturated rings. The monoisotopic (exact) mass is 382 g/mol. The molecule has 0 unspecified atom stereocenters. The van der Waals surface area contributed by atoms with E-state index in [1.807, 2.05) is 31.2 Å². The molecule has 2 aromatic carbocycles. The van der Waals surface area contributed by atoms with Crippen LogP contribution in [0.3, 0.4) is 0 Å². The highest BCUT2D eigenvalue weighted by Crippen LogP contribution is 2.26. The first-order valence-corrected chi connectivity index (χ1v) is 9.00. The van der Waals surface area contributed by atoms with E-state index < -0.39 is 11.9 Å². The number of hydrogen-bond acceptors (Lipinski definition) is 6. The molecule has 138 valence electrons. The molecular formula is C20H18N2O4S. The van der Waals surface area contributed by atoms with Gasteiger partial charge in [-0.2, -0.15) is 0 Å². The second-order valence-electron chi connectivity index (χ2n) is 5.76. The number of anilines is 1. The van der Waals surface area contributed by atoms with Gasteiger partial charge in [0.15, 0.2) is 0 Å². The lowest BCUT2D eigenvalue weighted by molar-refractivity contribution is 0.0601. The van der Waals surface area contributed by atoms with E-state index in [4.69, 9.17) is 9.47 Å². The molecule has 1 heterocycles. The second kappa shape index (κ2) is 8.01. The van der Waals surface area contributed by atoms with Crippen LogP contribution in [0.5, 0.6) is 5.75 Å². The van der Waals surface area contributed by atoms with Crippen LogP contribution < -0.4 is 10.1 Å². The molecule has 3 rings (SSSR count). The van der Waals surface area contributed by atoms with Gasteiger partial charge in [-0.3, -0.25) is 4.79 Å². The molecule has 0 spiro atoms. The highest BCUT2D eigenvalue weighted by Gasteiger charge is 2.18. The van der Waals surface area contributed by atoms with Crippen LogP contribution in [0.4, 0.5) is 5.69 Å². The largest absolute Gasteiger partial charge is 0.497 e. The van der Waals surface area contributed by atoms with Crippen LogP contribution in [-0.4, -0.2) is 31.1 Å². The number of benzene rings is 2. The van der Waals surface area contributed by atoms with E-state index in [0.29, 0.717) is 11.4 Å². The van der Waals surface area contributed by atoms with E-state index >= 15 is 0 Å². The first-order chi connectivity index (χ1) is 13.0. The molecular weight excluding hydrogens is 364 g/mol. The Hall–Kier alpha value is -3.19.